The van der Waals surface area contributed by atoms with Crippen molar-refractivity contribution in [3.63, 3.8) is 0 Å². The topological polar surface area (TPSA) is 79.4 Å². The van der Waals surface area contributed by atoms with Crippen molar-refractivity contribution < 1.29 is 9.53 Å². The zero-order chi connectivity index (χ0) is 20.9. The molecule has 0 bridgehead atoms. The van der Waals surface area contributed by atoms with Crippen LogP contribution in [0.15, 0.2) is 82.4 Å². The highest BCUT2D eigenvalue weighted by Gasteiger charge is 2.11. The van der Waals surface area contributed by atoms with Gasteiger partial charge in [0.25, 0.3) is 5.91 Å². The Balaban J connectivity index is 1.60. The first-order chi connectivity index (χ1) is 14.6. The Morgan fingerprint density at radius 2 is 1.73 bits per heavy atom. The van der Waals surface area contributed by atoms with Gasteiger partial charge in [-0.15, -0.1) is 0 Å². The molecule has 1 amide bonds. The molecule has 1 aromatic heterocycles. The third-order valence-electron chi connectivity index (χ3n) is 4.60. The number of benzene rings is 3. The molecule has 6 nitrogen and oxygen atoms in total. The number of ether oxygens (including phenoxy) is 1. The Bertz CT molecular complexity index is 1170. The van der Waals surface area contributed by atoms with Crippen molar-refractivity contribution in [2.24, 2.45) is 5.10 Å². The molecule has 0 spiro atoms. The molecule has 0 fully saturated rings. The largest absolute Gasteiger partial charge is 0.497 e. The molecule has 0 unspecified atom stereocenters. The highest BCUT2D eigenvalue weighted by molar-refractivity contribution is 9.10. The van der Waals surface area contributed by atoms with E-state index in [-0.39, 0.29) is 5.91 Å². The van der Waals surface area contributed by atoms with Gasteiger partial charge in [-0.1, -0.05) is 40.2 Å². The number of rotatable bonds is 6. The van der Waals surface area contributed by atoms with Gasteiger partial charge in [-0.05, 0) is 54.1 Å². The fourth-order valence-electron chi connectivity index (χ4n) is 3.02. The van der Waals surface area contributed by atoms with Crippen molar-refractivity contribution in [3.8, 4) is 5.75 Å². The number of carbonyl (C=O) groups excluding carboxylic acids is 1. The minimum atomic E-state index is -0.295. The van der Waals surface area contributed by atoms with Crippen molar-refractivity contribution in [2.75, 3.05) is 7.11 Å². The lowest BCUT2D eigenvalue weighted by atomic mass is 10.1. The van der Waals surface area contributed by atoms with Crippen LogP contribution in [0.1, 0.15) is 21.7 Å². The normalized spacial score (nSPS) is 11.5. The number of hydrogen-bond donors (Lipinski definition) is 2. The van der Waals surface area contributed by atoms with Gasteiger partial charge in [0.05, 0.1) is 30.3 Å². The standard InChI is InChI=1S/C23H19BrN4O2/c1-30-18-12-8-16(9-13-18)23(29)28-27-21(15-6-10-17(24)11-7-15)14-22-25-19-4-2-3-5-20(19)26-22/h2-13H,14H2,1H3,(H,25,26)(H,28,29). The van der Waals surface area contributed by atoms with Gasteiger partial charge in [0.15, 0.2) is 0 Å². The van der Waals surface area contributed by atoms with Gasteiger partial charge in [-0.25, -0.2) is 10.4 Å². The quantitative estimate of drug-likeness (QED) is 0.321. The van der Waals surface area contributed by atoms with Crippen LogP contribution in [-0.4, -0.2) is 28.7 Å². The van der Waals surface area contributed by atoms with Crippen molar-refractivity contribution in [2.45, 2.75) is 6.42 Å². The number of fused-ring (bicyclic) bond motifs is 1. The van der Waals surface area contributed by atoms with Crippen LogP contribution in [0.2, 0.25) is 0 Å². The lowest BCUT2D eigenvalue weighted by molar-refractivity contribution is 0.0954. The van der Waals surface area contributed by atoms with Crippen LogP contribution in [0.5, 0.6) is 5.75 Å². The summed E-state index contributed by atoms with van der Waals surface area (Å²) in [5, 5.41) is 4.42. The summed E-state index contributed by atoms with van der Waals surface area (Å²) in [5.41, 5.74) is 6.61. The maximum Gasteiger partial charge on any atom is 0.271 e. The van der Waals surface area contributed by atoms with E-state index < -0.39 is 0 Å². The second-order valence-corrected chi connectivity index (χ2v) is 7.53. The number of aromatic nitrogens is 2. The molecule has 4 rings (SSSR count). The van der Waals surface area contributed by atoms with E-state index in [1.165, 1.54) is 0 Å². The van der Waals surface area contributed by atoms with Crippen LogP contribution < -0.4 is 10.2 Å². The van der Waals surface area contributed by atoms with Gasteiger partial charge in [0, 0.05) is 10.0 Å². The first kappa shape index (κ1) is 19.8. The molecule has 0 aliphatic heterocycles. The average Bonchev–Trinajstić information content (AvgIpc) is 3.19. The number of hydrazone groups is 1. The van der Waals surface area contributed by atoms with Crippen molar-refractivity contribution in [1.82, 2.24) is 15.4 Å². The summed E-state index contributed by atoms with van der Waals surface area (Å²) in [4.78, 5) is 20.5. The van der Waals surface area contributed by atoms with Gasteiger partial charge in [-0.2, -0.15) is 5.10 Å². The number of halogens is 1. The SMILES string of the molecule is COc1ccc(C(=O)NN=C(Cc2nc3ccccc3[nH]2)c2ccc(Br)cc2)cc1. The highest BCUT2D eigenvalue weighted by atomic mass is 79.9. The van der Waals surface area contributed by atoms with Crippen molar-refractivity contribution >= 4 is 38.6 Å². The van der Waals surface area contributed by atoms with E-state index >= 15 is 0 Å². The fourth-order valence-corrected chi connectivity index (χ4v) is 3.29. The molecular formula is C23H19BrN4O2. The number of hydrogen-bond acceptors (Lipinski definition) is 4. The van der Waals surface area contributed by atoms with Crippen molar-refractivity contribution in [3.05, 3.63) is 94.2 Å². The number of aromatic amines is 1. The molecule has 0 saturated heterocycles. The van der Waals surface area contributed by atoms with Gasteiger partial charge in [-0.3, -0.25) is 4.79 Å². The van der Waals surface area contributed by atoms with E-state index in [0.29, 0.717) is 23.4 Å². The van der Waals surface area contributed by atoms with Crippen LogP contribution in [0.3, 0.4) is 0 Å². The lowest BCUT2D eigenvalue weighted by Crippen LogP contribution is -2.21. The second-order valence-electron chi connectivity index (χ2n) is 6.61. The zero-order valence-electron chi connectivity index (χ0n) is 16.2. The Kier molecular flexibility index (Phi) is 5.90. The number of nitrogens with zero attached hydrogens (tertiary/aromatic N) is 2. The summed E-state index contributed by atoms with van der Waals surface area (Å²) in [6, 6.07) is 22.5. The monoisotopic (exact) mass is 462 g/mol. The summed E-state index contributed by atoms with van der Waals surface area (Å²) in [5.74, 6) is 1.17. The minimum absolute atomic E-state index is 0.295. The molecule has 150 valence electrons. The Morgan fingerprint density at radius 3 is 2.43 bits per heavy atom. The summed E-state index contributed by atoms with van der Waals surface area (Å²) in [6.07, 6.45) is 0.444. The molecular weight excluding hydrogens is 444 g/mol. The number of methoxy groups -OCH3 is 1. The van der Waals surface area contributed by atoms with E-state index in [0.717, 1.165) is 26.9 Å². The molecule has 7 heteroatoms. The van der Waals surface area contributed by atoms with E-state index in [2.05, 4.69) is 36.4 Å². The number of H-pyrrole nitrogens is 1. The molecule has 0 atom stereocenters. The molecule has 2 N–H and O–H groups in total. The van der Waals surface area contributed by atoms with Crippen LogP contribution >= 0.6 is 15.9 Å². The Hall–Kier alpha value is -3.45. The van der Waals surface area contributed by atoms with E-state index in [4.69, 9.17) is 4.74 Å². The van der Waals surface area contributed by atoms with E-state index in [1.54, 1.807) is 31.4 Å². The summed E-state index contributed by atoms with van der Waals surface area (Å²) in [7, 11) is 1.59. The number of imidazole rings is 1. The molecule has 4 aromatic rings. The molecule has 3 aromatic carbocycles. The van der Waals surface area contributed by atoms with E-state index in [1.807, 2.05) is 48.5 Å². The maximum atomic E-state index is 12.5. The predicted octanol–water partition coefficient (Wildman–Crippen LogP) is 4.71. The zero-order valence-corrected chi connectivity index (χ0v) is 17.8. The average molecular weight is 463 g/mol. The van der Waals surface area contributed by atoms with Crippen LogP contribution in [0.25, 0.3) is 11.0 Å². The van der Waals surface area contributed by atoms with Gasteiger partial charge >= 0.3 is 0 Å². The molecule has 0 radical (unpaired) electrons. The number of carbonyl (C=O) groups is 1. The molecule has 0 saturated carbocycles. The Morgan fingerprint density at radius 1 is 1.03 bits per heavy atom. The van der Waals surface area contributed by atoms with Crippen LogP contribution in [0, 0.1) is 0 Å². The molecule has 0 aliphatic carbocycles. The number of nitrogens with one attached hydrogen (secondary N) is 2. The second kappa shape index (κ2) is 8.92. The summed E-state index contributed by atoms with van der Waals surface area (Å²) >= 11 is 3.45. The fraction of sp³-hybridized carbons (Fsp3) is 0.0870. The van der Waals surface area contributed by atoms with Crippen molar-refractivity contribution in [1.29, 1.82) is 0 Å². The van der Waals surface area contributed by atoms with Gasteiger partial charge in [0.2, 0.25) is 0 Å². The Labute approximate surface area is 182 Å². The first-order valence-electron chi connectivity index (χ1n) is 9.33. The van der Waals surface area contributed by atoms with Crippen LogP contribution in [0.4, 0.5) is 0 Å². The molecule has 1 heterocycles. The lowest BCUT2D eigenvalue weighted by Gasteiger charge is -2.07. The third kappa shape index (κ3) is 4.58. The number of para-hydroxylation sites is 2. The molecule has 30 heavy (non-hydrogen) atoms. The smallest absolute Gasteiger partial charge is 0.271 e. The van der Waals surface area contributed by atoms with Crippen LogP contribution in [-0.2, 0) is 6.42 Å². The summed E-state index contributed by atoms with van der Waals surface area (Å²) < 4.78 is 6.10. The van der Waals surface area contributed by atoms with E-state index in [9.17, 15) is 4.79 Å². The summed E-state index contributed by atoms with van der Waals surface area (Å²) in [6.45, 7) is 0. The molecule has 0 aliphatic rings. The van der Waals surface area contributed by atoms with Gasteiger partial charge < -0.3 is 9.72 Å². The first-order valence-corrected chi connectivity index (χ1v) is 10.1. The predicted molar refractivity (Wildman–Crippen MR) is 121 cm³/mol. The van der Waals surface area contributed by atoms with Gasteiger partial charge in [0.1, 0.15) is 11.6 Å². The minimum Gasteiger partial charge on any atom is -0.497 e. The number of amides is 1. The highest BCUT2D eigenvalue weighted by Crippen LogP contribution is 2.16. The third-order valence-corrected chi connectivity index (χ3v) is 5.12. The maximum absolute atomic E-state index is 12.5.